The molecule has 2 heterocycles. The van der Waals surface area contributed by atoms with E-state index in [1.165, 1.54) is 11.8 Å². The molecule has 6 nitrogen and oxygen atoms in total. The number of amides is 1. The van der Waals surface area contributed by atoms with Crippen LogP contribution < -0.4 is 5.32 Å². The van der Waals surface area contributed by atoms with Crippen molar-refractivity contribution in [3.8, 4) is 11.5 Å². The molecule has 3 aromatic rings. The van der Waals surface area contributed by atoms with E-state index in [0.29, 0.717) is 39.0 Å². The lowest BCUT2D eigenvalue weighted by molar-refractivity contribution is -0.113. The number of aromatic nitrogens is 4. The summed E-state index contributed by atoms with van der Waals surface area (Å²) in [6, 6.07) is 10.4. The van der Waals surface area contributed by atoms with E-state index in [0.717, 1.165) is 0 Å². The van der Waals surface area contributed by atoms with Gasteiger partial charge in [-0.25, -0.2) is 0 Å². The smallest absolute Gasteiger partial charge is 0.234 e. The third-order valence-electron chi connectivity index (χ3n) is 3.40. The molecular weight excluding hydrogens is 405 g/mol. The molecule has 0 fully saturated rings. The monoisotopic (exact) mass is 419 g/mol. The van der Waals surface area contributed by atoms with Crippen molar-refractivity contribution in [3.05, 3.63) is 65.3 Å². The minimum absolute atomic E-state index is 0.154. The molecule has 0 aliphatic carbocycles. The highest BCUT2D eigenvalue weighted by Crippen LogP contribution is 2.25. The van der Waals surface area contributed by atoms with E-state index in [1.807, 2.05) is 22.8 Å². The number of nitrogens with zero attached hydrogens (tertiary/aromatic N) is 4. The molecule has 0 atom stereocenters. The van der Waals surface area contributed by atoms with Gasteiger partial charge in [0.25, 0.3) is 0 Å². The Hall–Kier alpha value is -2.35. The zero-order chi connectivity index (χ0) is 19.2. The van der Waals surface area contributed by atoms with Crippen LogP contribution in [0, 0.1) is 0 Å². The molecule has 0 aliphatic heterocycles. The van der Waals surface area contributed by atoms with Crippen LogP contribution >= 0.6 is 35.0 Å². The van der Waals surface area contributed by atoms with Crippen LogP contribution in [0.1, 0.15) is 0 Å². The second-order valence-corrected chi connectivity index (χ2v) is 7.23. The first kappa shape index (κ1) is 19.4. The van der Waals surface area contributed by atoms with Crippen molar-refractivity contribution in [1.29, 1.82) is 0 Å². The highest BCUT2D eigenvalue weighted by Gasteiger charge is 2.15. The van der Waals surface area contributed by atoms with Crippen molar-refractivity contribution in [3.63, 3.8) is 0 Å². The Labute approximate surface area is 170 Å². The van der Waals surface area contributed by atoms with E-state index >= 15 is 0 Å². The van der Waals surface area contributed by atoms with Gasteiger partial charge in [0, 0.05) is 28.5 Å². The van der Waals surface area contributed by atoms with E-state index in [2.05, 4.69) is 27.1 Å². The first-order chi connectivity index (χ1) is 13.1. The quantitative estimate of drug-likeness (QED) is 0.448. The lowest BCUT2D eigenvalue weighted by Crippen LogP contribution is -2.14. The van der Waals surface area contributed by atoms with Crippen LogP contribution in [0.4, 0.5) is 5.69 Å². The van der Waals surface area contributed by atoms with Crippen LogP contribution in [0.15, 0.2) is 60.4 Å². The summed E-state index contributed by atoms with van der Waals surface area (Å²) in [6.07, 6.45) is 3.44. The van der Waals surface area contributed by atoms with Crippen LogP contribution in [-0.2, 0) is 11.3 Å². The molecule has 1 aromatic carbocycles. The zero-order valence-corrected chi connectivity index (χ0v) is 16.4. The highest BCUT2D eigenvalue weighted by molar-refractivity contribution is 7.99. The summed E-state index contributed by atoms with van der Waals surface area (Å²) in [7, 11) is 0. The number of nitrogens with one attached hydrogen (secondary N) is 1. The molecule has 1 amide bonds. The highest BCUT2D eigenvalue weighted by atomic mass is 35.5. The van der Waals surface area contributed by atoms with Gasteiger partial charge in [0.2, 0.25) is 5.91 Å². The number of pyridine rings is 1. The second-order valence-electron chi connectivity index (χ2n) is 5.42. The van der Waals surface area contributed by atoms with E-state index < -0.39 is 0 Å². The van der Waals surface area contributed by atoms with Gasteiger partial charge in [-0.05, 0) is 30.3 Å². The maximum absolute atomic E-state index is 12.2. The number of rotatable bonds is 7. The molecule has 0 bridgehead atoms. The van der Waals surface area contributed by atoms with Crippen LogP contribution in [0.2, 0.25) is 10.0 Å². The third kappa shape index (κ3) is 5.09. The topological polar surface area (TPSA) is 72.7 Å². The van der Waals surface area contributed by atoms with Crippen LogP contribution in [0.5, 0.6) is 0 Å². The average molecular weight is 420 g/mol. The molecule has 0 aliphatic rings. The maximum Gasteiger partial charge on any atom is 0.234 e. The number of thioether (sulfide) groups is 1. The first-order valence-electron chi connectivity index (χ1n) is 7.91. The molecule has 0 saturated carbocycles. The number of carbonyl (C=O) groups excluding carboxylic acids is 1. The Bertz CT molecular complexity index is 941. The van der Waals surface area contributed by atoms with Gasteiger partial charge in [0.05, 0.1) is 5.75 Å². The van der Waals surface area contributed by atoms with Crippen molar-refractivity contribution < 1.29 is 4.79 Å². The Morgan fingerprint density at radius 1 is 1.22 bits per heavy atom. The third-order valence-corrected chi connectivity index (χ3v) is 4.80. The summed E-state index contributed by atoms with van der Waals surface area (Å²) in [5, 5.41) is 12.7. The fourth-order valence-electron chi connectivity index (χ4n) is 2.33. The predicted molar refractivity (Wildman–Crippen MR) is 109 cm³/mol. The minimum Gasteiger partial charge on any atom is -0.325 e. The zero-order valence-electron chi connectivity index (χ0n) is 14.1. The normalized spacial score (nSPS) is 10.6. The molecule has 1 N–H and O–H groups in total. The summed E-state index contributed by atoms with van der Waals surface area (Å²) in [5.74, 6) is 0.577. The van der Waals surface area contributed by atoms with Crippen molar-refractivity contribution in [2.45, 2.75) is 11.7 Å². The number of halogens is 2. The van der Waals surface area contributed by atoms with Gasteiger partial charge in [-0.2, -0.15) is 0 Å². The van der Waals surface area contributed by atoms with Crippen LogP contribution in [0.25, 0.3) is 11.5 Å². The van der Waals surface area contributed by atoms with Gasteiger partial charge in [0.1, 0.15) is 5.69 Å². The molecular formula is C18H15Cl2N5OS. The SMILES string of the molecule is C=CCn1c(SCC(=O)Nc2cc(Cl)cc(Cl)c2)nnc1-c1ccccn1. The molecule has 9 heteroatoms. The minimum atomic E-state index is -0.203. The molecule has 0 unspecified atom stereocenters. The number of allylic oxidation sites excluding steroid dienone is 1. The second kappa shape index (κ2) is 9.03. The number of benzene rings is 1. The fourth-order valence-corrected chi connectivity index (χ4v) is 3.60. The van der Waals surface area contributed by atoms with Gasteiger partial charge in [-0.15, -0.1) is 16.8 Å². The first-order valence-corrected chi connectivity index (χ1v) is 9.65. The largest absolute Gasteiger partial charge is 0.325 e. The molecule has 0 spiro atoms. The molecule has 2 aromatic heterocycles. The van der Waals surface area contributed by atoms with Gasteiger partial charge in [-0.1, -0.05) is 47.1 Å². The Kier molecular flexibility index (Phi) is 6.49. The summed E-state index contributed by atoms with van der Waals surface area (Å²) in [4.78, 5) is 16.5. The van der Waals surface area contributed by atoms with E-state index in [4.69, 9.17) is 23.2 Å². The molecule has 0 radical (unpaired) electrons. The number of anilines is 1. The lowest BCUT2D eigenvalue weighted by atomic mass is 10.3. The summed E-state index contributed by atoms with van der Waals surface area (Å²) >= 11 is 13.2. The molecule has 138 valence electrons. The Morgan fingerprint density at radius 3 is 2.67 bits per heavy atom. The van der Waals surface area contributed by atoms with E-state index in [9.17, 15) is 4.79 Å². The van der Waals surface area contributed by atoms with Crippen LogP contribution in [-0.4, -0.2) is 31.4 Å². The molecule has 3 rings (SSSR count). The van der Waals surface area contributed by atoms with Crippen molar-refractivity contribution >= 4 is 46.6 Å². The number of hydrogen-bond donors (Lipinski definition) is 1. The average Bonchev–Trinajstić information content (AvgIpc) is 3.03. The summed E-state index contributed by atoms with van der Waals surface area (Å²) in [6.45, 7) is 4.28. The van der Waals surface area contributed by atoms with Crippen LogP contribution in [0.3, 0.4) is 0 Å². The predicted octanol–water partition coefficient (Wildman–Crippen LogP) is 4.56. The maximum atomic E-state index is 12.2. The van der Waals surface area contributed by atoms with Crippen molar-refractivity contribution in [1.82, 2.24) is 19.7 Å². The summed E-state index contributed by atoms with van der Waals surface area (Å²) < 4.78 is 1.86. The Balaban J connectivity index is 1.71. The molecule has 0 saturated heterocycles. The van der Waals surface area contributed by atoms with Gasteiger partial charge < -0.3 is 5.32 Å². The summed E-state index contributed by atoms with van der Waals surface area (Å²) in [5.41, 5.74) is 1.25. The van der Waals surface area contributed by atoms with Gasteiger partial charge in [-0.3, -0.25) is 14.3 Å². The van der Waals surface area contributed by atoms with Crippen molar-refractivity contribution in [2.75, 3.05) is 11.1 Å². The van der Waals surface area contributed by atoms with E-state index in [-0.39, 0.29) is 11.7 Å². The van der Waals surface area contributed by atoms with Gasteiger partial charge >= 0.3 is 0 Å². The molecule has 27 heavy (non-hydrogen) atoms. The Morgan fingerprint density at radius 2 is 2.00 bits per heavy atom. The van der Waals surface area contributed by atoms with E-state index in [1.54, 1.807) is 30.5 Å². The number of hydrogen-bond acceptors (Lipinski definition) is 5. The standard InChI is InChI=1S/C18H15Cl2N5OS/c1-2-7-25-17(15-5-3-4-6-21-15)23-24-18(25)27-11-16(26)22-14-9-12(19)8-13(20)10-14/h2-6,8-10H,1,7,11H2,(H,22,26). The van der Waals surface area contributed by atoms with Crippen molar-refractivity contribution in [2.24, 2.45) is 0 Å². The van der Waals surface area contributed by atoms with Gasteiger partial charge in [0.15, 0.2) is 11.0 Å². The fraction of sp³-hybridized carbons (Fsp3) is 0.111. The lowest BCUT2D eigenvalue weighted by Gasteiger charge is -2.08. The number of carbonyl (C=O) groups is 1.